The van der Waals surface area contributed by atoms with Crippen LogP contribution in [0.5, 0.6) is 0 Å². The molecular formula is C16H19NOS. The number of rotatable bonds is 1. The number of hydrogen-bond donors (Lipinski definition) is 1. The summed E-state index contributed by atoms with van der Waals surface area (Å²) < 4.78 is 0. The van der Waals surface area contributed by atoms with Crippen molar-refractivity contribution < 1.29 is 5.11 Å². The quantitative estimate of drug-likeness (QED) is 0.862. The SMILES string of the molecule is CC1(C)CCSCC1(O)c1cncc2ccccc12. The van der Waals surface area contributed by atoms with Crippen LogP contribution in [0.25, 0.3) is 10.8 Å². The van der Waals surface area contributed by atoms with Gasteiger partial charge in [-0.15, -0.1) is 0 Å². The predicted octanol–water partition coefficient (Wildman–Crippen LogP) is 3.59. The molecule has 3 rings (SSSR count). The number of fused-ring (bicyclic) bond motifs is 1. The molecule has 0 amide bonds. The zero-order valence-electron chi connectivity index (χ0n) is 11.4. The molecule has 0 bridgehead atoms. The molecule has 2 aromatic rings. The highest BCUT2D eigenvalue weighted by molar-refractivity contribution is 7.99. The van der Waals surface area contributed by atoms with Crippen LogP contribution in [0.2, 0.25) is 0 Å². The highest BCUT2D eigenvalue weighted by Crippen LogP contribution is 2.49. The minimum absolute atomic E-state index is 0.121. The molecule has 1 atom stereocenters. The second-order valence-electron chi connectivity index (χ2n) is 5.95. The largest absolute Gasteiger partial charge is 0.384 e. The first-order chi connectivity index (χ1) is 9.05. The van der Waals surface area contributed by atoms with Gasteiger partial charge in [0.2, 0.25) is 0 Å². The van der Waals surface area contributed by atoms with Crippen molar-refractivity contribution in [3.05, 3.63) is 42.2 Å². The van der Waals surface area contributed by atoms with Gasteiger partial charge in [-0.1, -0.05) is 38.1 Å². The van der Waals surface area contributed by atoms with E-state index in [2.05, 4.69) is 31.0 Å². The Morgan fingerprint density at radius 1 is 1.21 bits per heavy atom. The first-order valence-corrected chi connectivity index (χ1v) is 7.83. The van der Waals surface area contributed by atoms with Gasteiger partial charge in [-0.3, -0.25) is 4.98 Å². The number of pyridine rings is 1. The number of hydrogen-bond acceptors (Lipinski definition) is 3. The van der Waals surface area contributed by atoms with Gasteiger partial charge in [0, 0.05) is 29.1 Å². The summed E-state index contributed by atoms with van der Waals surface area (Å²) in [5.74, 6) is 1.86. The van der Waals surface area contributed by atoms with E-state index in [9.17, 15) is 5.11 Å². The molecule has 1 saturated heterocycles. The molecule has 1 N–H and O–H groups in total. The molecule has 2 nitrogen and oxygen atoms in total. The fraction of sp³-hybridized carbons (Fsp3) is 0.438. The van der Waals surface area contributed by atoms with E-state index in [1.54, 1.807) is 0 Å². The predicted molar refractivity (Wildman–Crippen MR) is 81.4 cm³/mol. The Balaban J connectivity index is 2.23. The van der Waals surface area contributed by atoms with Crippen molar-refractivity contribution in [1.29, 1.82) is 0 Å². The second-order valence-corrected chi connectivity index (χ2v) is 7.06. The summed E-state index contributed by atoms with van der Waals surface area (Å²) in [6.07, 6.45) is 4.73. The summed E-state index contributed by atoms with van der Waals surface area (Å²) in [4.78, 5) is 4.33. The van der Waals surface area contributed by atoms with Crippen molar-refractivity contribution in [3.63, 3.8) is 0 Å². The zero-order valence-corrected chi connectivity index (χ0v) is 12.2. The summed E-state index contributed by atoms with van der Waals surface area (Å²) >= 11 is 1.83. The number of aliphatic hydroxyl groups is 1. The Kier molecular flexibility index (Phi) is 3.06. The maximum absolute atomic E-state index is 11.3. The zero-order chi connectivity index (χ0) is 13.5. The molecule has 1 unspecified atom stereocenters. The van der Waals surface area contributed by atoms with Crippen LogP contribution in [0.1, 0.15) is 25.8 Å². The van der Waals surface area contributed by atoms with Gasteiger partial charge in [-0.2, -0.15) is 11.8 Å². The van der Waals surface area contributed by atoms with Crippen LogP contribution in [0.15, 0.2) is 36.7 Å². The minimum Gasteiger partial charge on any atom is -0.384 e. The minimum atomic E-state index is -0.802. The van der Waals surface area contributed by atoms with E-state index in [1.165, 1.54) is 0 Å². The van der Waals surface area contributed by atoms with Crippen molar-refractivity contribution in [1.82, 2.24) is 4.98 Å². The Morgan fingerprint density at radius 2 is 2.00 bits per heavy atom. The highest BCUT2D eigenvalue weighted by Gasteiger charge is 2.47. The number of nitrogens with zero attached hydrogens (tertiary/aromatic N) is 1. The topological polar surface area (TPSA) is 33.1 Å². The lowest BCUT2D eigenvalue weighted by Gasteiger charge is -2.46. The van der Waals surface area contributed by atoms with E-state index in [0.717, 1.165) is 34.3 Å². The standard InChI is InChI=1S/C16H19NOS/c1-15(2)7-8-19-11-16(15,18)14-10-17-9-12-5-3-4-6-13(12)14/h3-6,9-10,18H,7-8,11H2,1-2H3. The van der Waals surface area contributed by atoms with Crippen molar-refractivity contribution in [3.8, 4) is 0 Å². The number of aromatic nitrogens is 1. The van der Waals surface area contributed by atoms with Gasteiger partial charge in [-0.25, -0.2) is 0 Å². The third kappa shape index (κ3) is 1.96. The van der Waals surface area contributed by atoms with Gasteiger partial charge >= 0.3 is 0 Å². The summed E-state index contributed by atoms with van der Waals surface area (Å²) in [6.45, 7) is 4.32. The van der Waals surface area contributed by atoms with Crippen molar-refractivity contribution >= 4 is 22.5 Å². The fourth-order valence-electron chi connectivity index (χ4n) is 2.84. The average molecular weight is 273 g/mol. The smallest absolute Gasteiger partial charge is 0.106 e. The monoisotopic (exact) mass is 273 g/mol. The maximum atomic E-state index is 11.3. The van der Waals surface area contributed by atoms with Crippen molar-refractivity contribution in [2.24, 2.45) is 5.41 Å². The molecule has 2 heterocycles. The summed E-state index contributed by atoms with van der Waals surface area (Å²) in [5.41, 5.74) is 0.0520. The normalized spacial score (nSPS) is 26.5. The van der Waals surface area contributed by atoms with Crippen LogP contribution in [-0.4, -0.2) is 21.6 Å². The molecule has 0 saturated carbocycles. The lowest BCUT2D eigenvalue weighted by atomic mass is 9.69. The van der Waals surface area contributed by atoms with Gasteiger partial charge in [-0.05, 0) is 23.0 Å². The average Bonchev–Trinajstić information content (AvgIpc) is 2.41. The van der Waals surface area contributed by atoms with Crippen LogP contribution < -0.4 is 0 Å². The molecule has 1 aromatic carbocycles. The van der Waals surface area contributed by atoms with Gasteiger partial charge in [0.1, 0.15) is 5.60 Å². The molecule has 1 aliphatic heterocycles. The maximum Gasteiger partial charge on any atom is 0.106 e. The molecule has 100 valence electrons. The Hall–Kier alpha value is -1.06. The molecule has 19 heavy (non-hydrogen) atoms. The second kappa shape index (κ2) is 4.50. The Bertz CT molecular complexity index is 605. The lowest BCUT2D eigenvalue weighted by molar-refractivity contribution is -0.0568. The fourth-order valence-corrected chi connectivity index (χ4v) is 4.48. The Morgan fingerprint density at radius 3 is 2.79 bits per heavy atom. The summed E-state index contributed by atoms with van der Waals surface area (Å²) in [6, 6.07) is 8.18. The first kappa shape index (κ1) is 12.9. The third-order valence-corrected chi connectivity index (χ3v) is 5.53. The molecule has 0 radical (unpaired) electrons. The molecule has 1 aliphatic rings. The van der Waals surface area contributed by atoms with Crippen molar-refractivity contribution in [2.75, 3.05) is 11.5 Å². The van der Waals surface area contributed by atoms with E-state index < -0.39 is 5.60 Å². The van der Waals surface area contributed by atoms with Gasteiger partial charge in [0.15, 0.2) is 0 Å². The van der Waals surface area contributed by atoms with E-state index in [0.29, 0.717) is 0 Å². The van der Waals surface area contributed by atoms with Crippen LogP contribution >= 0.6 is 11.8 Å². The summed E-state index contributed by atoms with van der Waals surface area (Å²) in [5, 5.41) is 13.5. The Labute approximate surface area is 118 Å². The van der Waals surface area contributed by atoms with Crippen LogP contribution in [0, 0.1) is 5.41 Å². The molecular weight excluding hydrogens is 254 g/mol. The van der Waals surface area contributed by atoms with Gasteiger partial charge < -0.3 is 5.11 Å². The number of thioether (sulfide) groups is 1. The molecule has 1 fully saturated rings. The van der Waals surface area contributed by atoms with E-state index >= 15 is 0 Å². The molecule has 0 aliphatic carbocycles. The van der Waals surface area contributed by atoms with Crippen LogP contribution in [-0.2, 0) is 5.60 Å². The lowest BCUT2D eigenvalue weighted by Crippen LogP contribution is -2.47. The molecule has 1 aromatic heterocycles. The van der Waals surface area contributed by atoms with E-state index in [1.807, 2.05) is 36.3 Å². The molecule has 3 heteroatoms. The number of benzene rings is 1. The molecule has 0 spiro atoms. The van der Waals surface area contributed by atoms with Gasteiger partial charge in [0.25, 0.3) is 0 Å². The van der Waals surface area contributed by atoms with Crippen molar-refractivity contribution in [2.45, 2.75) is 25.9 Å². The third-order valence-electron chi connectivity index (χ3n) is 4.42. The van der Waals surface area contributed by atoms with Crippen LogP contribution in [0.3, 0.4) is 0 Å². The summed E-state index contributed by atoms with van der Waals surface area (Å²) in [7, 11) is 0. The van der Waals surface area contributed by atoms with E-state index in [4.69, 9.17) is 0 Å². The highest BCUT2D eigenvalue weighted by atomic mass is 32.2. The van der Waals surface area contributed by atoms with Crippen LogP contribution in [0.4, 0.5) is 0 Å². The first-order valence-electron chi connectivity index (χ1n) is 6.68. The van der Waals surface area contributed by atoms with Gasteiger partial charge in [0.05, 0.1) is 0 Å². The van der Waals surface area contributed by atoms with E-state index in [-0.39, 0.29) is 5.41 Å².